The maximum atomic E-state index is 5.61. The van der Waals surface area contributed by atoms with Gasteiger partial charge in [-0.25, -0.2) is 9.97 Å². The topological polar surface area (TPSA) is 61.0 Å². The molecular formula is C13H14BrN3O. The lowest BCUT2D eigenvalue weighted by Gasteiger charge is -2.08. The van der Waals surface area contributed by atoms with E-state index in [4.69, 9.17) is 10.5 Å². The standard InChI is InChI=1S/C13H14BrN3O/c1-9(15)8-18-12-6-16-13(17-7-12)10-3-2-4-11(14)5-10/h2-7,9H,8,15H2,1H3. The first-order valence-corrected chi connectivity index (χ1v) is 6.41. The number of nitrogens with zero attached hydrogens (tertiary/aromatic N) is 2. The van der Waals surface area contributed by atoms with Crippen LogP contribution >= 0.6 is 15.9 Å². The normalized spacial score (nSPS) is 12.2. The van der Waals surface area contributed by atoms with Crippen molar-refractivity contribution in [2.45, 2.75) is 13.0 Å². The predicted octanol–water partition coefficient (Wildman–Crippen LogP) is 2.63. The van der Waals surface area contributed by atoms with Crippen molar-refractivity contribution in [3.05, 3.63) is 41.1 Å². The Hall–Kier alpha value is -1.46. The molecule has 0 radical (unpaired) electrons. The monoisotopic (exact) mass is 307 g/mol. The first-order valence-electron chi connectivity index (χ1n) is 5.61. The fraction of sp³-hybridized carbons (Fsp3) is 0.231. The zero-order valence-electron chi connectivity index (χ0n) is 10.0. The van der Waals surface area contributed by atoms with Crippen LogP contribution in [-0.4, -0.2) is 22.6 Å². The molecule has 0 fully saturated rings. The molecule has 0 saturated heterocycles. The van der Waals surface area contributed by atoms with Crippen LogP contribution in [0.4, 0.5) is 0 Å². The van der Waals surface area contributed by atoms with Crippen molar-refractivity contribution in [3.63, 3.8) is 0 Å². The second kappa shape index (κ2) is 5.93. The summed E-state index contributed by atoms with van der Waals surface area (Å²) < 4.78 is 6.42. The summed E-state index contributed by atoms with van der Waals surface area (Å²) in [6.45, 7) is 2.34. The minimum atomic E-state index is -0.00486. The predicted molar refractivity (Wildman–Crippen MR) is 74.3 cm³/mol. The van der Waals surface area contributed by atoms with E-state index in [1.165, 1.54) is 0 Å². The molecule has 1 aromatic heterocycles. The third-order valence-corrected chi connectivity index (χ3v) is 2.72. The van der Waals surface area contributed by atoms with Crippen molar-refractivity contribution in [1.82, 2.24) is 9.97 Å². The molecule has 2 rings (SSSR count). The Morgan fingerprint density at radius 1 is 1.33 bits per heavy atom. The van der Waals surface area contributed by atoms with E-state index in [0.29, 0.717) is 18.2 Å². The lowest BCUT2D eigenvalue weighted by atomic mass is 10.2. The number of rotatable bonds is 4. The Morgan fingerprint density at radius 3 is 2.67 bits per heavy atom. The van der Waals surface area contributed by atoms with Crippen LogP contribution in [0.1, 0.15) is 6.92 Å². The Labute approximate surface area is 114 Å². The van der Waals surface area contributed by atoms with Gasteiger partial charge in [0.15, 0.2) is 11.6 Å². The number of ether oxygens (including phenoxy) is 1. The first kappa shape index (κ1) is 13.0. The quantitative estimate of drug-likeness (QED) is 0.943. The van der Waals surface area contributed by atoms with Crippen LogP contribution in [0.2, 0.25) is 0 Å². The number of hydrogen-bond donors (Lipinski definition) is 1. The minimum Gasteiger partial charge on any atom is -0.489 e. The highest BCUT2D eigenvalue weighted by Gasteiger charge is 2.03. The molecule has 0 bridgehead atoms. The van der Waals surface area contributed by atoms with Crippen molar-refractivity contribution in [3.8, 4) is 17.1 Å². The number of nitrogens with two attached hydrogens (primary N) is 1. The molecule has 5 heteroatoms. The smallest absolute Gasteiger partial charge is 0.159 e. The molecule has 0 aliphatic rings. The Morgan fingerprint density at radius 2 is 2.06 bits per heavy atom. The van der Waals surface area contributed by atoms with Gasteiger partial charge in [-0.3, -0.25) is 0 Å². The molecular weight excluding hydrogens is 294 g/mol. The number of benzene rings is 1. The van der Waals surface area contributed by atoms with Crippen molar-refractivity contribution in [1.29, 1.82) is 0 Å². The van der Waals surface area contributed by atoms with Gasteiger partial charge in [0.1, 0.15) is 6.61 Å². The van der Waals surface area contributed by atoms with Crippen molar-refractivity contribution in [2.24, 2.45) is 5.73 Å². The number of halogens is 1. The van der Waals surface area contributed by atoms with Crippen LogP contribution in [0.15, 0.2) is 41.1 Å². The molecule has 0 aliphatic heterocycles. The molecule has 1 aromatic carbocycles. The molecule has 0 spiro atoms. The summed E-state index contributed by atoms with van der Waals surface area (Å²) in [4.78, 5) is 8.54. The summed E-state index contributed by atoms with van der Waals surface area (Å²) in [5.74, 6) is 1.30. The highest BCUT2D eigenvalue weighted by Crippen LogP contribution is 2.20. The zero-order valence-corrected chi connectivity index (χ0v) is 11.6. The molecule has 2 aromatic rings. The largest absolute Gasteiger partial charge is 0.489 e. The van der Waals surface area contributed by atoms with E-state index >= 15 is 0 Å². The van der Waals surface area contributed by atoms with E-state index in [-0.39, 0.29) is 6.04 Å². The van der Waals surface area contributed by atoms with Gasteiger partial charge in [-0.1, -0.05) is 28.1 Å². The second-order valence-electron chi connectivity index (χ2n) is 4.04. The van der Waals surface area contributed by atoms with Gasteiger partial charge in [0.2, 0.25) is 0 Å². The fourth-order valence-electron chi connectivity index (χ4n) is 1.40. The van der Waals surface area contributed by atoms with Crippen molar-refractivity contribution >= 4 is 15.9 Å². The average Bonchev–Trinajstić information content (AvgIpc) is 2.37. The van der Waals surface area contributed by atoms with Crippen LogP contribution in [0.5, 0.6) is 5.75 Å². The molecule has 1 atom stereocenters. The molecule has 1 heterocycles. The summed E-state index contributed by atoms with van der Waals surface area (Å²) in [5, 5.41) is 0. The van der Waals surface area contributed by atoms with Crippen molar-refractivity contribution in [2.75, 3.05) is 6.61 Å². The molecule has 18 heavy (non-hydrogen) atoms. The van der Waals surface area contributed by atoms with Gasteiger partial charge < -0.3 is 10.5 Å². The maximum Gasteiger partial charge on any atom is 0.159 e. The van der Waals surface area contributed by atoms with Crippen LogP contribution in [0, 0.1) is 0 Å². The molecule has 1 unspecified atom stereocenters. The summed E-state index contributed by atoms with van der Waals surface area (Å²) in [6.07, 6.45) is 3.32. The third kappa shape index (κ3) is 3.51. The number of hydrogen-bond acceptors (Lipinski definition) is 4. The second-order valence-corrected chi connectivity index (χ2v) is 4.96. The van der Waals surface area contributed by atoms with Crippen LogP contribution in [0.3, 0.4) is 0 Å². The SMILES string of the molecule is CC(N)COc1cnc(-c2cccc(Br)c2)nc1. The van der Waals surface area contributed by atoms with Gasteiger partial charge in [-0.15, -0.1) is 0 Å². The van der Waals surface area contributed by atoms with Crippen LogP contribution in [-0.2, 0) is 0 Å². The third-order valence-electron chi connectivity index (χ3n) is 2.22. The number of aromatic nitrogens is 2. The Balaban J connectivity index is 2.12. The lowest BCUT2D eigenvalue weighted by molar-refractivity contribution is 0.294. The van der Waals surface area contributed by atoms with E-state index in [1.54, 1.807) is 12.4 Å². The summed E-state index contributed by atoms with van der Waals surface area (Å²) in [5.41, 5.74) is 6.57. The van der Waals surface area contributed by atoms with Gasteiger partial charge in [-0.05, 0) is 19.1 Å². The van der Waals surface area contributed by atoms with Gasteiger partial charge >= 0.3 is 0 Å². The molecule has 0 saturated carbocycles. The average molecular weight is 308 g/mol. The first-order chi connectivity index (χ1) is 8.65. The van der Waals surface area contributed by atoms with Gasteiger partial charge in [0.25, 0.3) is 0 Å². The Bertz CT molecular complexity index is 514. The van der Waals surface area contributed by atoms with Crippen molar-refractivity contribution < 1.29 is 4.74 Å². The van der Waals surface area contributed by atoms with Crippen LogP contribution in [0.25, 0.3) is 11.4 Å². The zero-order chi connectivity index (χ0) is 13.0. The van der Waals surface area contributed by atoms with E-state index in [0.717, 1.165) is 10.0 Å². The molecule has 2 N–H and O–H groups in total. The minimum absolute atomic E-state index is 0.00486. The maximum absolute atomic E-state index is 5.61. The molecule has 94 valence electrons. The van der Waals surface area contributed by atoms with Gasteiger partial charge in [0.05, 0.1) is 12.4 Å². The summed E-state index contributed by atoms with van der Waals surface area (Å²) in [7, 11) is 0. The summed E-state index contributed by atoms with van der Waals surface area (Å²) in [6, 6.07) is 7.84. The van der Waals surface area contributed by atoms with E-state index < -0.39 is 0 Å². The summed E-state index contributed by atoms with van der Waals surface area (Å²) >= 11 is 3.42. The van der Waals surface area contributed by atoms with E-state index in [2.05, 4.69) is 25.9 Å². The molecule has 0 amide bonds. The van der Waals surface area contributed by atoms with Gasteiger partial charge in [0, 0.05) is 16.1 Å². The molecule has 4 nitrogen and oxygen atoms in total. The van der Waals surface area contributed by atoms with Gasteiger partial charge in [-0.2, -0.15) is 0 Å². The van der Waals surface area contributed by atoms with E-state index in [1.807, 2.05) is 31.2 Å². The lowest BCUT2D eigenvalue weighted by Crippen LogP contribution is -2.23. The van der Waals surface area contributed by atoms with E-state index in [9.17, 15) is 0 Å². The fourth-order valence-corrected chi connectivity index (χ4v) is 1.79. The highest BCUT2D eigenvalue weighted by atomic mass is 79.9. The highest BCUT2D eigenvalue weighted by molar-refractivity contribution is 9.10. The molecule has 0 aliphatic carbocycles. The Kier molecular flexibility index (Phi) is 4.28. The van der Waals surface area contributed by atoms with Crippen LogP contribution < -0.4 is 10.5 Å².